The fourth-order valence-electron chi connectivity index (χ4n) is 1.02. The quantitative estimate of drug-likeness (QED) is 0.538. The molecular formula is C6H9F2NO. The normalized spacial score (nSPS) is 19.4. The van der Waals surface area contributed by atoms with Crippen molar-refractivity contribution in [1.82, 2.24) is 4.90 Å². The molecule has 0 aliphatic carbocycles. The molecule has 1 amide bonds. The molecule has 0 bridgehead atoms. The van der Waals surface area contributed by atoms with Gasteiger partial charge in [0.25, 0.3) is 5.91 Å². The summed E-state index contributed by atoms with van der Waals surface area (Å²) in [6, 6.07) is 0. The first-order chi connectivity index (χ1) is 4.61. The second kappa shape index (κ2) is 2.52. The Labute approximate surface area is 57.8 Å². The van der Waals surface area contributed by atoms with Crippen LogP contribution in [0.2, 0.25) is 0 Å². The number of amides is 1. The summed E-state index contributed by atoms with van der Waals surface area (Å²) in [5.41, 5.74) is 0. The van der Waals surface area contributed by atoms with Gasteiger partial charge in [-0.05, 0) is 5.92 Å². The van der Waals surface area contributed by atoms with Crippen molar-refractivity contribution >= 4 is 5.91 Å². The van der Waals surface area contributed by atoms with Gasteiger partial charge < -0.3 is 4.90 Å². The van der Waals surface area contributed by atoms with E-state index >= 15 is 0 Å². The number of hydrogen-bond donors (Lipinski definition) is 0. The first-order valence-electron chi connectivity index (χ1n) is 3.18. The molecule has 1 saturated heterocycles. The van der Waals surface area contributed by atoms with E-state index < -0.39 is 12.3 Å². The summed E-state index contributed by atoms with van der Waals surface area (Å²) in [6.45, 7) is 2.90. The van der Waals surface area contributed by atoms with E-state index in [1.54, 1.807) is 0 Å². The zero-order valence-electron chi connectivity index (χ0n) is 5.68. The lowest BCUT2D eigenvalue weighted by Gasteiger charge is -2.36. The van der Waals surface area contributed by atoms with Gasteiger partial charge in [-0.3, -0.25) is 4.79 Å². The second-order valence-corrected chi connectivity index (χ2v) is 2.65. The van der Waals surface area contributed by atoms with Crippen molar-refractivity contribution < 1.29 is 13.6 Å². The van der Waals surface area contributed by atoms with Crippen LogP contribution in [-0.2, 0) is 4.79 Å². The first kappa shape index (κ1) is 7.44. The van der Waals surface area contributed by atoms with Crippen LogP contribution in [0.15, 0.2) is 0 Å². The number of halogens is 2. The Morgan fingerprint density at radius 1 is 1.60 bits per heavy atom. The molecule has 1 rings (SSSR count). The highest BCUT2D eigenvalue weighted by Crippen LogP contribution is 2.16. The summed E-state index contributed by atoms with van der Waals surface area (Å²) >= 11 is 0. The van der Waals surface area contributed by atoms with Crippen molar-refractivity contribution in [3.63, 3.8) is 0 Å². The molecule has 0 N–H and O–H groups in total. The van der Waals surface area contributed by atoms with Gasteiger partial charge in [0.05, 0.1) is 0 Å². The van der Waals surface area contributed by atoms with Gasteiger partial charge in [0.2, 0.25) is 0 Å². The van der Waals surface area contributed by atoms with Gasteiger partial charge in [-0.1, -0.05) is 6.92 Å². The maximum absolute atomic E-state index is 11.6. The minimum absolute atomic E-state index is 0.391. The minimum atomic E-state index is -2.83. The molecule has 1 aliphatic rings. The second-order valence-electron chi connectivity index (χ2n) is 2.65. The molecule has 0 aromatic rings. The van der Waals surface area contributed by atoms with Crippen molar-refractivity contribution in [2.75, 3.05) is 13.1 Å². The van der Waals surface area contributed by atoms with Crippen molar-refractivity contribution in [1.29, 1.82) is 0 Å². The van der Waals surface area contributed by atoms with Gasteiger partial charge in [-0.2, -0.15) is 8.78 Å². The molecule has 1 heterocycles. The number of carbonyl (C=O) groups is 1. The lowest BCUT2D eigenvalue weighted by atomic mass is 10.0. The Morgan fingerprint density at radius 2 is 2.10 bits per heavy atom. The SMILES string of the molecule is CC1CN(C(=O)C(F)F)C1. The molecule has 0 unspecified atom stereocenters. The molecule has 0 aromatic carbocycles. The highest BCUT2D eigenvalue weighted by Gasteiger charge is 2.31. The van der Waals surface area contributed by atoms with Gasteiger partial charge in [-0.15, -0.1) is 0 Å². The molecule has 1 fully saturated rings. The van der Waals surface area contributed by atoms with Crippen LogP contribution in [0.5, 0.6) is 0 Å². The molecule has 0 saturated carbocycles. The molecule has 4 heteroatoms. The zero-order chi connectivity index (χ0) is 7.72. The van der Waals surface area contributed by atoms with Crippen LogP contribution in [-0.4, -0.2) is 30.3 Å². The number of alkyl halides is 2. The van der Waals surface area contributed by atoms with Crippen molar-refractivity contribution in [2.45, 2.75) is 13.3 Å². The monoisotopic (exact) mass is 149 g/mol. The summed E-state index contributed by atoms with van der Waals surface area (Å²) in [5.74, 6) is -0.638. The minimum Gasteiger partial charge on any atom is -0.337 e. The van der Waals surface area contributed by atoms with E-state index in [4.69, 9.17) is 0 Å². The highest BCUT2D eigenvalue weighted by atomic mass is 19.3. The molecule has 58 valence electrons. The molecule has 0 aromatic heterocycles. The molecule has 0 spiro atoms. The fourth-order valence-corrected chi connectivity index (χ4v) is 1.02. The third-order valence-corrected chi connectivity index (χ3v) is 1.56. The van der Waals surface area contributed by atoms with Gasteiger partial charge in [0.1, 0.15) is 0 Å². The van der Waals surface area contributed by atoms with E-state index in [0.29, 0.717) is 19.0 Å². The lowest BCUT2D eigenvalue weighted by Crippen LogP contribution is -2.50. The van der Waals surface area contributed by atoms with Gasteiger partial charge in [0.15, 0.2) is 0 Å². The molecule has 10 heavy (non-hydrogen) atoms. The van der Waals surface area contributed by atoms with E-state index in [2.05, 4.69) is 0 Å². The maximum Gasteiger partial charge on any atom is 0.315 e. The Bertz CT molecular complexity index is 143. The number of rotatable bonds is 1. The Kier molecular flexibility index (Phi) is 1.87. The van der Waals surface area contributed by atoms with Crippen molar-refractivity contribution in [3.05, 3.63) is 0 Å². The maximum atomic E-state index is 11.6. The van der Waals surface area contributed by atoms with E-state index in [-0.39, 0.29) is 0 Å². The smallest absolute Gasteiger partial charge is 0.315 e. The van der Waals surface area contributed by atoms with Crippen LogP contribution in [0.3, 0.4) is 0 Å². The number of carbonyl (C=O) groups excluding carboxylic acids is 1. The predicted octanol–water partition coefficient (Wildman–Crippen LogP) is 0.730. The van der Waals surface area contributed by atoms with Crippen LogP contribution < -0.4 is 0 Å². The average molecular weight is 149 g/mol. The van der Waals surface area contributed by atoms with Gasteiger partial charge >= 0.3 is 6.43 Å². The van der Waals surface area contributed by atoms with Crippen molar-refractivity contribution in [3.8, 4) is 0 Å². The average Bonchev–Trinajstić information content (AvgIpc) is 1.79. The standard InChI is InChI=1S/C6H9F2NO/c1-4-2-9(3-4)6(10)5(7)8/h4-5H,2-3H2,1H3. The third kappa shape index (κ3) is 1.25. The Morgan fingerprint density at radius 3 is 2.40 bits per heavy atom. The number of likely N-dealkylation sites (tertiary alicyclic amines) is 1. The highest BCUT2D eigenvalue weighted by molar-refractivity contribution is 5.80. The summed E-state index contributed by atoms with van der Waals surface area (Å²) in [6.07, 6.45) is -2.83. The van der Waals surface area contributed by atoms with Crippen LogP contribution in [0.1, 0.15) is 6.92 Å². The van der Waals surface area contributed by atoms with Gasteiger partial charge in [-0.25, -0.2) is 0 Å². The summed E-state index contributed by atoms with van der Waals surface area (Å²) in [4.78, 5) is 11.6. The summed E-state index contributed by atoms with van der Waals surface area (Å²) in [7, 11) is 0. The molecule has 2 nitrogen and oxygen atoms in total. The predicted molar refractivity (Wildman–Crippen MR) is 31.7 cm³/mol. The largest absolute Gasteiger partial charge is 0.337 e. The van der Waals surface area contributed by atoms with E-state index in [1.807, 2.05) is 6.92 Å². The molecule has 0 radical (unpaired) electrons. The van der Waals surface area contributed by atoms with E-state index in [9.17, 15) is 13.6 Å². The van der Waals surface area contributed by atoms with Crippen LogP contribution in [0, 0.1) is 5.92 Å². The number of hydrogen-bond acceptors (Lipinski definition) is 1. The van der Waals surface area contributed by atoms with E-state index in [0.717, 1.165) is 0 Å². The van der Waals surface area contributed by atoms with Crippen LogP contribution in [0.25, 0.3) is 0 Å². The van der Waals surface area contributed by atoms with E-state index in [1.165, 1.54) is 4.90 Å². The number of nitrogens with zero attached hydrogens (tertiary/aromatic N) is 1. The zero-order valence-corrected chi connectivity index (χ0v) is 5.68. The fraction of sp³-hybridized carbons (Fsp3) is 0.833. The molecular weight excluding hydrogens is 140 g/mol. The van der Waals surface area contributed by atoms with Crippen molar-refractivity contribution in [2.24, 2.45) is 5.92 Å². The van der Waals surface area contributed by atoms with Crippen LogP contribution >= 0.6 is 0 Å². The topological polar surface area (TPSA) is 20.3 Å². The Balaban J connectivity index is 2.31. The van der Waals surface area contributed by atoms with Crippen LogP contribution in [0.4, 0.5) is 8.78 Å². The van der Waals surface area contributed by atoms with Gasteiger partial charge in [0, 0.05) is 13.1 Å². The molecule has 1 aliphatic heterocycles. The molecule has 0 atom stereocenters. The summed E-state index contributed by atoms with van der Waals surface area (Å²) < 4.78 is 23.3. The third-order valence-electron chi connectivity index (χ3n) is 1.56. The Hall–Kier alpha value is -0.670. The lowest BCUT2D eigenvalue weighted by molar-refractivity contribution is -0.148. The first-order valence-corrected chi connectivity index (χ1v) is 3.18. The summed E-state index contributed by atoms with van der Waals surface area (Å²) in [5, 5.41) is 0.